The Balaban J connectivity index is 1.87. The van der Waals surface area contributed by atoms with Gasteiger partial charge in [0, 0.05) is 10.5 Å². The van der Waals surface area contributed by atoms with Gasteiger partial charge < -0.3 is 0 Å². The predicted molar refractivity (Wildman–Crippen MR) is 86.4 cm³/mol. The van der Waals surface area contributed by atoms with Crippen molar-refractivity contribution in [3.05, 3.63) is 64.6 Å². The summed E-state index contributed by atoms with van der Waals surface area (Å²) in [6, 6.07) is 16.4. The molecule has 21 heavy (non-hydrogen) atoms. The van der Waals surface area contributed by atoms with Crippen LogP contribution >= 0.6 is 15.9 Å². The van der Waals surface area contributed by atoms with Gasteiger partial charge in [0.1, 0.15) is 0 Å². The molecule has 1 aliphatic carbocycles. The van der Waals surface area contributed by atoms with Crippen LogP contribution in [-0.4, -0.2) is 8.42 Å². The molecule has 110 valence electrons. The van der Waals surface area contributed by atoms with E-state index in [1.807, 2.05) is 30.3 Å². The Hall–Kier alpha value is -1.17. The van der Waals surface area contributed by atoms with Crippen LogP contribution in [0.25, 0.3) is 0 Å². The first-order chi connectivity index (χ1) is 10.1. The zero-order valence-electron chi connectivity index (χ0n) is 11.4. The van der Waals surface area contributed by atoms with Crippen molar-refractivity contribution in [3.63, 3.8) is 0 Å². The van der Waals surface area contributed by atoms with Gasteiger partial charge in [-0.05, 0) is 48.6 Å². The number of nitrogens with one attached hydrogen (secondary N) is 1. The molecule has 3 nitrogen and oxygen atoms in total. The second-order valence-corrected chi connectivity index (χ2v) is 7.93. The van der Waals surface area contributed by atoms with Crippen LogP contribution < -0.4 is 4.72 Å². The normalized spacial score (nSPS) is 16.6. The largest absolute Gasteiger partial charge is 0.241 e. The van der Waals surface area contributed by atoms with Gasteiger partial charge in [0.15, 0.2) is 0 Å². The molecule has 3 rings (SSSR count). The van der Waals surface area contributed by atoms with Crippen LogP contribution in [0.5, 0.6) is 0 Å². The molecule has 1 N–H and O–H groups in total. The monoisotopic (exact) mass is 365 g/mol. The molecule has 0 amide bonds. The summed E-state index contributed by atoms with van der Waals surface area (Å²) >= 11 is 3.32. The van der Waals surface area contributed by atoms with Crippen molar-refractivity contribution in [2.75, 3.05) is 0 Å². The van der Waals surface area contributed by atoms with E-state index in [1.54, 1.807) is 24.3 Å². The fraction of sp³-hybridized carbons (Fsp3) is 0.250. The van der Waals surface area contributed by atoms with E-state index in [1.165, 1.54) is 0 Å². The highest BCUT2D eigenvalue weighted by Gasteiger charge is 2.35. The van der Waals surface area contributed by atoms with Crippen molar-refractivity contribution in [2.45, 2.75) is 23.8 Å². The van der Waals surface area contributed by atoms with Crippen LogP contribution in [-0.2, 0) is 10.0 Å². The minimum absolute atomic E-state index is 0.139. The summed E-state index contributed by atoms with van der Waals surface area (Å²) in [5.41, 5.74) is 1.03. The van der Waals surface area contributed by atoms with Crippen molar-refractivity contribution in [1.29, 1.82) is 0 Å². The first kappa shape index (κ1) is 14.8. The lowest BCUT2D eigenvalue weighted by molar-refractivity contribution is 0.529. The van der Waals surface area contributed by atoms with Gasteiger partial charge >= 0.3 is 0 Å². The molecule has 0 heterocycles. The molecule has 0 saturated heterocycles. The fourth-order valence-electron chi connectivity index (χ4n) is 2.38. The molecular weight excluding hydrogens is 350 g/mol. The molecule has 1 aliphatic rings. The highest BCUT2D eigenvalue weighted by Crippen LogP contribution is 2.41. The van der Waals surface area contributed by atoms with Gasteiger partial charge in [-0.15, -0.1) is 0 Å². The van der Waals surface area contributed by atoms with Crippen LogP contribution in [0.15, 0.2) is 64.0 Å². The molecule has 0 spiro atoms. The van der Waals surface area contributed by atoms with Gasteiger partial charge in [0.25, 0.3) is 0 Å². The van der Waals surface area contributed by atoms with Crippen LogP contribution in [0.2, 0.25) is 0 Å². The van der Waals surface area contributed by atoms with Crippen molar-refractivity contribution >= 4 is 26.0 Å². The lowest BCUT2D eigenvalue weighted by atomic mass is 10.0. The summed E-state index contributed by atoms with van der Waals surface area (Å²) < 4.78 is 28.8. The van der Waals surface area contributed by atoms with Crippen LogP contribution in [0, 0.1) is 5.92 Å². The third kappa shape index (κ3) is 3.54. The van der Waals surface area contributed by atoms with Crippen molar-refractivity contribution in [3.8, 4) is 0 Å². The van der Waals surface area contributed by atoms with E-state index < -0.39 is 10.0 Å². The maximum absolute atomic E-state index is 12.5. The molecule has 1 fully saturated rings. The van der Waals surface area contributed by atoms with Gasteiger partial charge in [0.05, 0.1) is 4.90 Å². The Bertz CT molecular complexity index is 710. The molecule has 5 heteroatoms. The molecule has 1 unspecified atom stereocenters. The minimum Gasteiger partial charge on any atom is -0.207 e. The topological polar surface area (TPSA) is 46.2 Å². The Morgan fingerprint density at radius 3 is 2.19 bits per heavy atom. The van der Waals surface area contributed by atoms with Gasteiger partial charge in [0.2, 0.25) is 10.0 Å². The zero-order valence-corrected chi connectivity index (χ0v) is 13.8. The Morgan fingerprint density at radius 1 is 1.00 bits per heavy atom. The number of hydrogen-bond acceptors (Lipinski definition) is 2. The van der Waals surface area contributed by atoms with E-state index in [4.69, 9.17) is 0 Å². The molecule has 2 aromatic carbocycles. The molecule has 2 aromatic rings. The zero-order chi connectivity index (χ0) is 14.9. The lowest BCUT2D eigenvalue weighted by Crippen LogP contribution is -2.30. The molecule has 0 bridgehead atoms. The van der Waals surface area contributed by atoms with E-state index >= 15 is 0 Å². The Morgan fingerprint density at radius 2 is 1.62 bits per heavy atom. The molecule has 0 radical (unpaired) electrons. The summed E-state index contributed by atoms with van der Waals surface area (Å²) in [5.74, 6) is 0.401. The summed E-state index contributed by atoms with van der Waals surface area (Å²) in [5, 5.41) is 0. The van der Waals surface area contributed by atoms with Gasteiger partial charge in [-0.25, -0.2) is 13.1 Å². The maximum Gasteiger partial charge on any atom is 0.241 e. The summed E-state index contributed by atoms with van der Waals surface area (Å²) in [6.45, 7) is 0. The second kappa shape index (κ2) is 5.91. The maximum atomic E-state index is 12.5. The molecule has 1 atom stereocenters. The van der Waals surface area contributed by atoms with E-state index in [0.29, 0.717) is 10.8 Å². The lowest BCUT2D eigenvalue weighted by Gasteiger charge is -2.19. The molecule has 0 aliphatic heterocycles. The number of hydrogen-bond donors (Lipinski definition) is 1. The number of halogens is 1. The summed E-state index contributed by atoms with van der Waals surface area (Å²) in [4.78, 5) is 0.298. The van der Waals surface area contributed by atoms with Crippen molar-refractivity contribution in [2.24, 2.45) is 5.92 Å². The third-order valence-corrected chi connectivity index (χ3v) is 5.64. The highest BCUT2D eigenvalue weighted by atomic mass is 79.9. The first-order valence-electron chi connectivity index (χ1n) is 6.89. The Kier molecular flexibility index (Phi) is 4.15. The van der Waals surface area contributed by atoms with Crippen LogP contribution in [0.1, 0.15) is 24.4 Å². The van der Waals surface area contributed by atoms with Crippen molar-refractivity contribution in [1.82, 2.24) is 4.72 Å². The van der Waals surface area contributed by atoms with Crippen molar-refractivity contribution < 1.29 is 8.42 Å². The number of sulfonamides is 1. The van der Waals surface area contributed by atoms with Gasteiger partial charge in [-0.1, -0.05) is 46.3 Å². The Labute approximate surface area is 133 Å². The predicted octanol–water partition coefficient (Wildman–Crippen LogP) is 3.88. The quantitative estimate of drug-likeness (QED) is 0.873. The molecular formula is C16H16BrNO2S. The third-order valence-electron chi connectivity index (χ3n) is 3.66. The summed E-state index contributed by atoms with van der Waals surface area (Å²) in [7, 11) is -3.50. The number of benzene rings is 2. The molecule has 1 saturated carbocycles. The minimum atomic E-state index is -3.50. The number of rotatable bonds is 5. The van der Waals surface area contributed by atoms with Gasteiger partial charge in [-0.2, -0.15) is 0 Å². The van der Waals surface area contributed by atoms with Gasteiger partial charge in [-0.3, -0.25) is 0 Å². The molecule has 0 aromatic heterocycles. The van der Waals surface area contributed by atoms with E-state index in [-0.39, 0.29) is 6.04 Å². The smallest absolute Gasteiger partial charge is 0.207 e. The summed E-state index contributed by atoms with van der Waals surface area (Å²) in [6.07, 6.45) is 2.14. The SMILES string of the molecule is O=S(=O)(NC(c1ccccc1)C1CC1)c1ccc(Br)cc1. The second-order valence-electron chi connectivity index (χ2n) is 5.30. The average Bonchev–Trinajstić information content (AvgIpc) is 3.31. The van der Waals surface area contributed by atoms with E-state index in [2.05, 4.69) is 20.7 Å². The van der Waals surface area contributed by atoms with Crippen LogP contribution in [0.3, 0.4) is 0 Å². The standard InChI is InChI=1S/C16H16BrNO2S/c17-14-8-10-15(11-9-14)21(19,20)18-16(13-6-7-13)12-4-2-1-3-5-12/h1-5,8-11,13,16,18H,6-7H2. The fourth-order valence-corrected chi connectivity index (χ4v) is 3.93. The first-order valence-corrected chi connectivity index (χ1v) is 9.17. The van der Waals surface area contributed by atoms with E-state index in [0.717, 1.165) is 22.9 Å². The highest BCUT2D eigenvalue weighted by molar-refractivity contribution is 9.10. The van der Waals surface area contributed by atoms with Crippen LogP contribution in [0.4, 0.5) is 0 Å². The average molecular weight is 366 g/mol. The van der Waals surface area contributed by atoms with E-state index in [9.17, 15) is 8.42 Å².